The molecule has 1 N–H and O–H groups in total. The monoisotopic (exact) mass is 390 g/mol. The van der Waals surface area contributed by atoms with Crippen molar-refractivity contribution < 1.29 is 14.0 Å². The Morgan fingerprint density at radius 3 is 2.83 bits per heavy atom. The first-order valence-corrected chi connectivity index (χ1v) is 9.37. The van der Waals surface area contributed by atoms with Crippen molar-refractivity contribution in [2.75, 3.05) is 11.9 Å². The summed E-state index contributed by atoms with van der Waals surface area (Å²) in [5, 5.41) is 10.6. The van der Waals surface area contributed by atoms with Gasteiger partial charge in [-0.2, -0.15) is 0 Å². The topological polar surface area (TPSA) is 114 Å². The first-order valence-electron chi connectivity index (χ1n) is 9.37. The van der Waals surface area contributed by atoms with E-state index < -0.39 is 11.9 Å². The summed E-state index contributed by atoms with van der Waals surface area (Å²) in [6, 6.07) is 8.96. The van der Waals surface area contributed by atoms with Gasteiger partial charge in [0, 0.05) is 25.4 Å². The molecule has 0 spiro atoms. The Hall–Kier alpha value is -3.62. The van der Waals surface area contributed by atoms with Crippen LogP contribution in [0, 0.1) is 5.92 Å². The predicted octanol–water partition coefficient (Wildman–Crippen LogP) is 1.33. The van der Waals surface area contributed by atoms with Crippen LogP contribution in [-0.4, -0.2) is 45.1 Å². The van der Waals surface area contributed by atoms with Gasteiger partial charge in [0.2, 0.25) is 5.89 Å². The van der Waals surface area contributed by atoms with Crippen molar-refractivity contribution in [3.63, 3.8) is 0 Å². The standard InChI is InChI=1S/C20H18N6O3/c1-26-17-15(21-7-8-22-17)12-10-13(12)16(20(26)28)23-18(27)19-25-24-14(29-19)9-11-5-3-2-4-6-11/h2-8,12-13,16H,9-10H2,1H3,(H,23,27)/t12?,13-,16-/m1/s1. The number of anilines is 1. The van der Waals surface area contributed by atoms with Gasteiger partial charge in [0.15, 0.2) is 5.82 Å². The zero-order chi connectivity index (χ0) is 20.0. The average molecular weight is 390 g/mol. The van der Waals surface area contributed by atoms with Gasteiger partial charge in [-0.3, -0.25) is 19.5 Å². The maximum atomic E-state index is 12.9. The normalized spacial score (nSPS) is 22.4. The number of hydrogen-bond donors (Lipinski definition) is 1. The van der Waals surface area contributed by atoms with Gasteiger partial charge in [0.25, 0.3) is 5.91 Å². The second-order valence-corrected chi connectivity index (χ2v) is 7.28. The lowest BCUT2D eigenvalue weighted by Gasteiger charge is -2.21. The molecule has 1 aromatic carbocycles. The van der Waals surface area contributed by atoms with Crippen LogP contribution < -0.4 is 10.2 Å². The second-order valence-electron chi connectivity index (χ2n) is 7.28. The number of fused-ring (bicyclic) bond motifs is 3. The second kappa shape index (κ2) is 6.77. The van der Waals surface area contributed by atoms with Crippen LogP contribution in [0.25, 0.3) is 0 Å². The Bertz CT molecular complexity index is 1080. The van der Waals surface area contributed by atoms with Crippen LogP contribution >= 0.6 is 0 Å². The van der Waals surface area contributed by atoms with E-state index in [-0.39, 0.29) is 23.6 Å². The Kier molecular flexibility index (Phi) is 4.08. The number of amides is 2. The van der Waals surface area contributed by atoms with E-state index in [1.54, 1.807) is 19.4 Å². The molecule has 1 aliphatic carbocycles. The number of carbonyl (C=O) groups is 2. The van der Waals surface area contributed by atoms with Crippen molar-refractivity contribution in [2.45, 2.75) is 24.8 Å². The molecule has 2 amide bonds. The molecule has 0 radical (unpaired) electrons. The predicted molar refractivity (Wildman–Crippen MR) is 101 cm³/mol. The van der Waals surface area contributed by atoms with E-state index in [0.717, 1.165) is 17.7 Å². The number of rotatable bonds is 4. The summed E-state index contributed by atoms with van der Waals surface area (Å²) in [6.45, 7) is 0. The molecule has 2 aromatic heterocycles. The molecule has 1 aliphatic heterocycles. The van der Waals surface area contributed by atoms with Gasteiger partial charge in [-0.25, -0.2) is 4.98 Å². The van der Waals surface area contributed by atoms with Crippen molar-refractivity contribution in [1.29, 1.82) is 0 Å². The molecule has 2 aliphatic rings. The van der Waals surface area contributed by atoms with Gasteiger partial charge < -0.3 is 9.73 Å². The highest BCUT2D eigenvalue weighted by molar-refractivity contribution is 6.02. The molecular weight excluding hydrogens is 372 g/mol. The van der Waals surface area contributed by atoms with Crippen LogP contribution in [0.1, 0.15) is 40.2 Å². The summed E-state index contributed by atoms with van der Waals surface area (Å²) in [4.78, 5) is 35.7. The molecule has 3 atom stereocenters. The van der Waals surface area contributed by atoms with E-state index in [0.29, 0.717) is 18.1 Å². The molecule has 3 heterocycles. The number of hydrogen-bond acceptors (Lipinski definition) is 7. The lowest BCUT2D eigenvalue weighted by Crippen LogP contribution is -2.48. The zero-order valence-electron chi connectivity index (χ0n) is 15.6. The third kappa shape index (κ3) is 3.14. The van der Waals surface area contributed by atoms with E-state index in [1.807, 2.05) is 30.3 Å². The van der Waals surface area contributed by atoms with Crippen LogP contribution in [0.5, 0.6) is 0 Å². The van der Waals surface area contributed by atoms with Crippen LogP contribution in [-0.2, 0) is 11.2 Å². The molecule has 29 heavy (non-hydrogen) atoms. The number of likely N-dealkylation sites (N-methyl/N-ethyl adjacent to an activating group) is 1. The number of nitrogens with one attached hydrogen (secondary N) is 1. The highest BCUT2D eigenvalue weighted by Gasteiger charge is 2.53. The zero-order valence-corrected chi connectivity index (χ0v) is 15.6. The maximum Gasteiger partial charge on any atom is 0.309 e. The molecule has 5 rings (SSSR count). The van der Waals surface area contributed by atoms with Gasteiger partial charge in [-0.15, -0.1) is 10.2 Å². The van der Waals surface area contributed by atoms with Crippen molar-refractivity contribution in [3.8, 4) is 0 Å². The number of nitrogens with zero attached hydrogens (tertiary/aromatic N) is 5. The minimum absolute atomic E-state index is 0.0152. The maximum absolute atomic E-state index is 12.9. The quantitative estimate of drug-likeness (QED) is 0.715. The summed E-state index contributed by atoms with van der Waals surface area (Å²) in [7, 11) is 1.64. The minimum Gasteiger partial charge on any atom is -0.417 e. The van der Waals surface area contributed by atoms with E-state index >= 15 is 0 Å². The van der Waals surface area contributed by atoms with Crippen LogP contribution in [0.3, 0.4) is 0 Å². The average Bonchev–Trinajstić information content (AvgIpc) is 3.41. The molecule has 1 unspecified atom stereocenters. The largest absolute Gasteiger partial charge is 0.417 e. The fourth-order valence-electron chi connectivity index (χ4n) is 3.81. The van der Waals surface area contributed by atoms with Gasteiger partial charge in [0.05, 0.1) is 12.1 Å². The number of benzene rings is 1. The summed E-state index contributed by atoms with van der Waals surface area (Å²) in [5.41, 5.74) is 1.80. The van der Waals surface area contributed by atoms with E-state index in [2.05, 4.69) is 25.5 Å². The smallest absolute Gasteiger partial charge is 0.309 e. The lowest BCUT2D eigenvalue weighted by atomic mass is 10.1. The first kappa shape index (κ1) is 17.5. The van der Waals surface area contributed by atoms with Crippen molar-refractivity contribution >= 4 is 17.6 Å². The fraction of sp³-hybridized carbons (Fsp3) is 0.300. The molecule has 9 heteroatoms. The summed E-state index contributed by atoms with van der Waals surface area (Å²) in [6.07, 6.45) is 4.40. The third-order valence-corrected chi connectivity index (χ3v) is 5.39. The molecule has 0 bridgehead atoms. The minimum atomic E-state index is -0.682. The highest BCUT2D eigenvalue weighted by atomic mass is 16.4. The van der Waals surface area contributed by atoms with Crippen molar-refractivity contribution in [3.05, 3.63) is 65.8 Å². The third-order valence-electron chi connectivity index (χ3n) is 5.39. The Labute approximate surface area is 166 Å². The Morgan fingerprint density at radius 2 is 2.00 bits per heavy atom. The summed E-state index contributed by atoms with van der Waals surface area (Å²) in [5.74, 6) is 0.0463. The van der Waals surface area contributed by atoms with Crippen LogP contribution in [0.15, 0.2) is 47.1 Å². The fourth-order valence-corrected chi connectivity index (χ4v) is 3.81. The van der Waals surface area contributed by atoms with Crippen molar-refractivity contribution in [1.82, 2.24) is 25.5 Å². The summed E-state index contributed by atoms with van der Waals surface area (Å²) < 4.78 is 5.51. The van der Waals surface area contributed by atoms with Crippen LogP contribution in [0.2, 0.25) is 0 Å². The van der Waals surface area contributed by atoms with Crippen LogP contribution in [0.4, 0.5) is 5.82 Å². The Morgan fingerprint density at radius 1 is 1.21 bits per heavy atom. The van der Waals surface area contributed by atoms with E-state index in [9.17, 15) is 9.59 Å². The Balaban J connectivity index is 1.32. The molecule has 146 valence electrons. The number of carbonyl (C=O) groups excluding carboxylic acids is 2. The summed E-state index contributed by atoms with van der Waals surface area (Å²) >= 11 is 0. The molecular formula is C20H18N6O3. The number of aromatic nitrogens is 4. The van der Waals surface area contributed by atoms with Gasteiger partial charge >= 0.3 is 11.8 Å². The van der Waals surface area contributed by atoms with Gasteiger partial charge in [0.1, 0.15) is 6.04 Å². The molecule has 3 aromatic rings. The van der Waals surface area contributed by atoms with Gasteiger partial charge in [-0.05, 0) is 17.9 Å². The highest BCUT2D eigenvalue weighted by Crippen LogP contribution is 2.53. The molecule has 1 saturated carbocycles. The van der Waals surface area contributed by atoms with E-state index in [1.165, 1.54) is 4.90 Å². The van der Waals surface area contributed by atoms with E-state index in [4.69, 9.17) is 4.42 Å². The first-order chi connectivity index (χ1) is 14.1. The van der Waals surface area contributed by atoms with Gasteiger partial charge in [-0.1, -0.05) is 30.3 Å². The van der Waals surface area contributed by atoms with Crippen molar-refractivity contribution in [2.24, 2.45) is 5.92 Å². The molecule has 9 nitrogen and oxygen atoms in total. The molecule has 0 saturated heterocycles. The molecule has 1 fully saturated rings. The lowest BCUT2D eigenvalue weighted by molar-refractivity contribution is -0.120. The SMILES string of the molecule is CN1C(=O)[C@H](NC(=O)c2nnc(Cc3ccccc3)o2)[C@@H]2CC2c2nccnc21.